The molecule has 22 heavy (non-hydrogen) atoms. The third-order valence-corrected chi connectivity index (χ3v) is 4.46. The van der Waals surface area contributed by atoms with Gasteiger partial charge < -0.3 is 9.84 Å². The predicted octanol–water partition coefficient (Wildman–Crippen LogP) is 2.67. The molecule has 6 heteroatoms. The first-order valence-corrected chi connectivity index (χ1v) is 8.80. The van der Waals surface area contributed by atoms with E-state index in [9.17, 15) is 4.79 Å². The van der Waals surface area contributed by atoms with Crippen LogP contribution in [0.15, 0.2) is 28.8 Å². The second kappa shape index (κ2) is 6.96. The van der Waals surface area contributed by atoms with Gasteiger partial charge in [-0.3, -0.25) is 4.79 Å². The van der Waals surface area contributed by atoms with Crippen LogP contribution in [-0.2, 0) is 23.5 Å². The van der Waals surface area contributed by atoms with E-state index in [1.54, 1.807) is 11.8 Å². The normalized spacial score (nSPS) is 16.5. The molecular weight excluding hydrogens is 298 g/mol. The monoisotopic (exact) mass is 317 g/mol. The Kier molecular flexibility index (Phi) is 4.77. The van der Waals surface area contributed by atoms with Crippen molar-refractivity contribution in [1.29, 1.82) is 0 Å². The van der Waals surface area contributed by atoms with Gasteiger partial charge in [0.25, 0.3) is 0 Å². The van der Waals surface area contributed by atoms with E-state index in [4.69, 9.17) is 4.52 Å². The zero-order chi connectivity index (χ0) is 15.4. The second-order valence-corrected chi connectivity index (χ2v) is 6.32. The van der Waals surface area contributed by atoms with Crippen LogP contribution in [-0.4, -0.2) is 22.3 Å². The van der Waals surface area contributed by atoms with Crippen LogP contribution >= 0.6 is 11.8 Å². The van der Waals surface area contributed by atoms with Gasteiger partial charge >= 0.3 is 0 Å². The van der Waals surface area contributed by atoms with E-state index >= 15 is 0 Å². The molecule has 0 saturated heterocycles. The summed E-state index contributed by atoms with van der Waals surface area (Å²) in [5.41, 5.74) is 2.69. The average molecular weight is 317 g/mol. The summed E-state index contributed by atoms with van der Waals surface area (Å²) in [6, 6.07) is 8.38. The van der Waals surface area contributed by atoms with Crippen molar-refractivity contribution in [1.82, 2.24) is 15.5 Å². The molecule has 116 valence electrons. The Morgan fingerprint density at radius 2 is 2.32 bits per heavy atom. The molecule has 0 radical (unpaired) electrons. The standard InChI is InChI=1S/C16H19N3O2S/c1-22-10-14-18-16(21-19-14)9-17-15(20)8-12-7-6-11-4-2-3-5-13(11)12/h2-5,12H,6-10H2,1H3,(H,17,20). The molecule has 1 heterocycles. The molecule has 1 amide bonds. The highest BCUT2D eigenvalue weighted by molar-refractivity contribution is 7.97. The number of nitrogens with zero attached hydrogens (tertiary/aromatic N) is 2. The molecule has 1 atom stereocenters. The fraction of sp³-hybridized carbons (Fsp3) is 0.438. The predicted molar refractivity (Wildman–Crippen MR) is 85.5 cm³/mol. The van der Waals surface area contributed by atoms with Gasteiger partial charge in [0.05, 0.1) is 12.3 Å². The highest BCUT2D eigenvalue weighted by Gasteiger charge is 2.24. The lowest BCUT2D eigenvalue weighted by Gasteiger charge is -2.10. The summed E-state index contributed by atoms with van der Waals surface area (Å²) in [5, 5.41) is 6.73. The number of hydrogen-bond acceptors (Lipinski definition) is 5. The molecule has 0 fully saturated rings. The summed E-state index contributed by atoms with van der Waals surface area (Å²) in [4.78, 5) is 16.3. The Balaban J connectivity index is 1.51. The minimum atomic E-state index is 0.0336. The molecular formula is C16H19N3O2S. The molecule has 0 spiro atoms. The van der Waals surface area contributed by atoms with Crippen LogP contribution in [0.1, 0.15) is 41.6 Å². The number of nitrogens with one attached hydrogen (secondary N) is 1. The van der Waals surface area contributed by atoms with Gasteiger partial charge in [-0.2, -0.15) is 16.7 Å². The summed E-state index contributed by atoms with van der Waals surface area (Å²) >= 11 is 1.63. The number of carbonyl (C=O) groups excluding carboxylic acids is 1. The molecule has 3 rings (SSSR count). The maximum atomic E-state index is 12.1. The maximum Gasteiger partial charge on any atom is 0.246 e. The molecule has 5 nitrogen and oxygen atoms in total. The molecule has 2 aromatic rings. The van der Waals surface area contributed by atoms with Gasteiger partial charge in [0.15, 0.2) is 5.82 Å². The number of rotatable bonds is 6. The van der Waals surface area contributed by atoms with Crippen LogP contribution in [0, 0.1) is 0 Å². The summed E-state index contributed by atoms with van der Waals surface area (Å²) in [6.45, 7) is 0.300. The average Bonchev–Trinajstić information content (AvgIpc) is 3.13. The van der Waals surface area contributed by atoms with Crippen LogP contribution in [0.25, 0.3) is 0 Å². The number of amides is 1. The summed E-state index contributed by atoms with van der Waals surface area (Å²) in [7, 11) is 0. The van der Waals surface area contributed by atoms with Crippen molar-refractivity contribution in [2.24, 2.45) is 0 Å². The Morgan fingerprint density at radius 3 is 3.18 bits per heavy atom. The topological polar surface area (TPSA) is 68.0 Å². The SMILES string of the molecule is CSCc1noc(CNC(=O)CC2CCc3ccccc32)n1. The number of aryl methyl sites for hydroxylation is 1. The van der Waals surface area contributed by atoms with Gasteiger partial charge in [-0.1, -0.05) is 29.4 Å². The highest BCUT2D eigenvalue weighted by atomic mass is 32.2. The Labute approximate surface area is 133 Å². The van der Waals surface area contributed by atoms with Gasteiger partial charge in [0.1, 0.15) is 0 Å². The van der Waals surface area contributed by atoms with Crippen LogP contribution in [0.4, 0.5) is 0 Å². The van der Waals surface area contributed by atoms with Gasteiger partial charge in [-0.25, -0.2) is 0 Å². The van der Waals surface area contributed by atoms with E-state index in [0.717, 1.165) is 18.6 Å². The quantitative estimate of drug-likeness (QED) is 0.887. The zero-order valence-electron chi connectivity index (χ0n) is 12.5. The number of hydrogen-bond donors (Lipinski definition) is 1. The fourth-order valence-electron chi connectivity index (χ4n) is 2.88. The lowest BCUT2D eigenvalue weighted by Crippen LogP contribution is -2.24. The van der Waals surface area contributed by atoms with Crippen LogP contribution in [0.5, 0.6) is 0 Å². The Hall–Kier alpha value is -1.82. The molecule has 0 saturated carbocycles. The first-order valence-electron chi connectivity index (χ1n) is 7.41. The first-order chi connectivity index (χ1) is 10.8. The van der Waals surface area contributed by atoms with Crippen LogP contribution in [0.3, 0.4) is 0 Å². The lowest BCUT2D eigenvalue weighted by atomic mass is 9.97. The third-order valence-electron chi connectivity index (χ3n) is 3.91. The van der Waals surface area contributed by atoms with E-state index in [2.05, 4.69) is 33.7 Å². The van der Waals surface area contributed by atoms with Crippen molar-refractivity contribution in [3.8, 4) is 0 Å². The Morgan fingerprint density at radius 1 is 1.45 bits per heavy atom. The van der Waals surface area contributed by atoms with Crippen molar-refractivity contribution in [2.45, 2.75) is 37.5 Å². The lowest BCUT2D eigenvalue weighted by molar-refractivity contribution is -0.121. The number of fused-ring (bicyclic) bond motifs is 1. The van der Waals surface area contributed by atoms with Gasteiger partial charge in [0, 0.05) is 6.42 Å². The fourth-order valence-corrected chi connectivity index (χ4v) is 3.25. The van der Waals surface area contributed by atoms with Crippen molar-refractivity contribution >= 4 is 17.7 Å². The Bertz CT molecular complexity index is 656. The summed E-state index contributed by atoms with van der Waals surface area (Å²) in [6.07, 6.45) is 4.61. The van der Waals surface area contributed by atoms with Gasteiger partial charge in [-0.15, -0.1) is 0 Å². The second-order valence-electron chi connectivity index (χ2n) is 5.45. The molecule has 1 aromatic heterocycles. The van der Waals surface area contributed by atoms with Crippen LogP contribution < -0.4 is 5.32 Å². The molecule has 0 aliphatic heterocycles. The zero-order valence-corrected chi connectivity index (χ0v) is 13.4. The molecule has 0 bridgehead atoms. The summed E-state index contributed by atoms with van der Waals surface area (Å²) in [5.74, 6) is 2.21. The van der Waals surface area contributed by atoms with Crippen molar-refractivity contribution < 1.29 is 9.32 Å². The van der Waals surface area contributed by atoms with Gasteiger partial charge in [-0.05, 0) is 36.1 Å². The largest absolute Gasteiger partial charge is 0.347 e. The van der Waals surface area contributed by atoms with E-state index < -0.39 is 0 Å². The van der Waals surface area contributed by atoms with E-state index in [1.165, 1.54) is 11.1 Å². The van der Waals surface area contributed by atoms with E-state index in [-0.39, 0.29) is 5.91 Å². The third kappa shape index (κ3) is 3.50. The smallest absolute Gasteiger partial charge is 0.246 e. The minimum absolute atomic E-state index is 0.0336. The minimum Gasteiger partial charge on any atom is -0.347 e. The van der Waals surface area contributed by atoms with Crippen LogP contribution in [0.2, 0.25) is 0 Å². The van der Waals surface area contributed by atoms with E-state index in [1.807, 2.05) is 12.3 Å². The van der Waals surface area contributed by atoms with Crippen molar-refractivity contribution in [3.05, 3.63) is 47.1 Å². The number of thioether (sulfide) groups is 1. The highest BCUT2D eigenvalue weighted by Crippen LogP contribution is 2.35. The van der Waals surface area contributed by atoms with Crippen molar-refractivity contribution in [3.63, 3.8) is 0 Å². The summed E-state index contributed by atoms with van der Waals surface area (Å²) < 4.78 is 5.10. The molecule has 1 N–H and O–H groups in total. The molecule has 1 aliphatic carbocycles. The maximum absolute atomic E-state index is 12.1. The number of benzene rings is 1. The first kappa shape index (κ1) is 15.1. The number of aromatic nitrogens is 2. The molecule has 1 unspecified atom stereocenters. The number of carbonyl (C=O) groups is 1. The van der Waals surface area contributed by atoms with Crippen molar-refractivity contribution in [2.75, 3.05) is 6.26 Å². The molecule has 1 aromatic carbocycles. The van der Waals surface area contributed by atoms with E-state index in [0.29, 0.717) is 30.6 Å². The van der Waals surface area contributed by atoms with Gasteiger partial charge in [0.2, 0.25) is 11.8 Å². The molecule has 1 aliphatic rings.